The van der Waals surface area contributed by atoms with E-state index in [9.17, 15) is 17.6 Å². The third-order valence-electron chi connectivity index (χ3n) is 5.04. The van der Waals surface area contributed by atoms with E-state index in [-0.39, 0.29) is 17.4 Å². The van der Waals surface area contributed by atoms with Gasteiger partial charge in [-0.3, -0.25) is 4.79 Å². The van der Waals surface area contributed by atoms with Crippen molar-refractivity contribution in [3.05, 3.63) is 35.1 Å². The smallest absolute Gasteiger partial charge is 0.236 e. The molecule has 1 saturated carbocycles. The van der Waals surface area contributed by atoms with Crippen molar-refractivity contribution in [1.29, 1.82) is 0 Å². The van der Waals surface area contributed by atoms with Crippen molar-refractivity contribution in [2.24, 2.45) is 17.6 Å². The number of carbonyl (C=O) groups excluding carboxylic acids is 1. The van der Waals surface area contributed by atoms with Crippen LogP contribution in [0.3, 0.4) is 0 Å². The fourth-order valence-electron chi connectivity index (χ4n) is 3.95. The quantitative estimate of drug-likeness (QED) is 0.903. The first kappa shape index (κ1) is 16.4. The lowest BCUT2D eigenvalue weighted by Crippen LogP contribution is -2.46. The van der Waals surface area contributed by atoms with Gasteiger partial charge < -0.3 is 5.73 Å². The minimum atomic E-state index is -3.79. The fourth-order valence-corrected chi connectivity index (χ4v) is 5.77. The maximum atomic E-state index is 14.0. The summed E-state index contributed by atoms with van der Waals surface area (Å²) < 4.78 is 40.7. The van der Waals surface area contributed by atoms with Gasteiger partial charge in [-0.15, -0.1) is 0 Å². The second-order valence-corrected chi connectivity index (χ2v) is 8.54. The zero-order valence-electron chi connectivity index (χ0n) is 13.0. The van der Waals surface area contributed by atoms with Gasteiger partial charge in [-0.05, 0) is 43.2 Å². The monoisotopic (exact) mass is 340 g/mol. The van der Waals surface area contributed by atoms with Crippen LogP contribution in [0.4, 0.5) is 4.39 Å². The molecule has 1 aliphatic carbocycles. The van der Waals surface area contributed by atoms with Gasteiger partial charge in [-0.1, -0.05) is 18.6 Å². The van der Waals surface area contributed by atoms with E-state index in [2.05, 4.69) is 0 Å². The molecular formula is C16H21FN2O3S. The molecule has 126 valence electrons. The number of carbonyl (C=O) groups is 1. The Morgan fingerprint density at radius 1 is 1.39 bits per heavy atom. The molecule has 3 atom stereocenters. The second-order valence-electron chi connectivity index (χ2n) is 6.62. The highest BCUT2D eigenvalue weighted by molar-refractivity contribution is 7.88. The van der Waals surface area contributed by atoms with Crippen LogP contribution in [0.1, 0.15) is 30.4 Å². The number of hydrogen-bond acceptors (Lipinski definition) is 3. The van der Waals surface area contributed by atoms with E-state index in [0.717, 1.165) is 24.8 Å². The largest absolute Gasteiger partial charge is 0.368 e. The predicted octanol–water partition coefficient (Wildman–Crippen LogP) is 1.55. The Labute approximate surface area is 135 Å². The minimum Gasteiger partial charge on any atom is -0.368 e. The van der Waals surface area contributed by atoms with Gasteiger partial charge in [-0.2, -0.15) is 4.31 Å². The summed E-state index contributed by atoms with van der Waals surface area (Å²) in [6, 6.07) is 3.69. The highest BCUT2D eigenvalue weighted by Crippen LogP contribution is 2.43. The molecule has 0 unspecified atom stereocenters. The van der Waals surface area contributed by atoms with Crippen LogP contribution in [-0.2, 0) is 20.6 Å². The number of halogens is 1. The summed E-state index contributed by atoms with van der Waals surface area (Å²) in [5, 5.41) is 0. The van der Waals surface area contributed by atoms with E-state index in [1.807, 2.05) is 0 Å². The molecule has 0 aromatic heterocycles. The number of amides is 1. The summed E-state index contributed by atoms with van der Waals surface area (Å²) in [6.45, 7) is 2.06. The highest BCUT2D eigenvalue weighted by Gasteiger charge is 2.51. The molecule has 1 aliphatic heterocycles. The van der Waals surface area contributed by atoms with Gasteiger partial charge in [0.15, 0.2) is 0 Å². The normalized spacial score (nSPS) is 28.0. The molecule has 1 aromatic rings. The summed E-state index contributed by atoms with van der Waals surface area (Å²) in [4.78, 5) is 11.8. The van der Waals surface area contributed by atoms with Crippen molar-refractivity contribution in [3.63, 3.8) is 0 Å². The van der Waals surface area contributed by atoms with E-state index < -0.39 is 33.5 Å². The van der Waals surface area contributed by atoms with E-state index in [0.29, 0.717) is 6.54 Å². The molecule has 2 N–H and O–H groups in total. The maximum Gasteiger partial charge on any atom is 0.236 e. The van der Waals surface area contributed by atoms with E-state index in [1.54, 1.807) is 13.0 Å². The second kappa shape index (κ2) is 5.87. The van der Waals surface area contributed by atoms with Crippen LogP contribution < -0.4 is 5.73 Å². The molecule has 3 rings (SSSR count). The van der Waals surface area contributed by atoms with Gasteiger partial charge in [0.25, 0.3) is 0 Å². The highest BCUT2D eigenvalue weighted by atomic mass is 32.2. The number of nitrogens with two attached hydrogens (primary N) is 1. The van der Waals surface area contributed by atoms with Gasteiger partial charge in [0.1, 0.15) is 11.9 Å². The number of rotatable bonds is 4. The first-order valence-corrected chi connectivity index (χ1v) is 9.44. The van der Waals surface area contributed by atoms with Gasteiger partial charge in [0.05, 0.1) is 5.75 Å². The number of hydrogen-bond donors (Lipinski definition) is 1. The Morgan fingerprint density at radius 2 is 2.13 bits per heavy atom. The van der Waals surface area contributed by atoms with E-state index >= 15 is 0 Å². The van der Waals surface area contributed by atoms with Crippen molar-refractivity contribution in [1.82, 2.24) is 4.31 Å². The summed E-state index contributed by atoms with van der Waals surface area (Å²) in [7, 11) is -3.79. The number of sulfonamides is 1. The number of aryl methyl sites for hydroxylation is 1. The van der Waals surface area contributed by atoms with Gasteiger partial charge in [-0.25, -0.2) is 12.8 Å². The number of fused-ring (bicyclic) bond motifs is 1. The molecular weight excluding hydrogens is 319 g/mol. The van der Waals surface area contributed by atoms with Gasteiger partial charge >= 0.3 is 0 Å². The first-order chi connectivity index (χ1) is 10.8. The molecule has 1 saturated heterocycles. The lowest BCUT2D eigenvalue weighted by molar-refractivity contribution is -0.122. The van der Waals surface area contributed by atoms with Crippen LogP contribution in [0.2, 0.25) is 0 Å². The number of nitrogens with zero attached hydrogens (tertiary/aromatic N) is 1. The Balaban J connectivity index is 1.88. The Kier molecular flexibility index (Phi) is 4.18. The molecule has 1 aromatic carbocycles. The van der Waals surface area contributed by atoms with Crippen LogP contribution in [-0.4, -0.2) is 31.2 Å². The molecule has 23 heavy (non-hydrogen) atoms. The van der Waals surface area contributed by atoms with E-state index in [4.69, 9.17) is 5.73 Å². The Bertz CT molecular complexity index is 735. The Morgan fingerprint density at radius 3 is 2.78 bits per heavy atom. The summed E-state index contributed by atoms with van der Waals surface area (Å²) in [6.07, 6.45) is 2.74. The van der Waals surface area contributed by atoms with Crippen LogP contribution in [0, 0.1) is 24.6 Å². The zero-order chi connectivity index (χ0) is 16.8. The standard InChI is InChI=1S/C16H21FN2O3S/c1-10-5-6-12(14(17)7-10)9-23(21,22)19-8-11-3-2-4-13(11)15(19)16(18)20/h5-7,11,13,15H,2-4,8-9H2,1H3,(H2,18,20)/t11-,13-,15+/m0/s1. The number of primary amides is 1. The predicted molar refractivity (Wildman–Crippen MR) is 84.3 cm³/mol. The van der Waals surface area contributed by atoms with Crippen molar-refractivity contribution < 1.29 is 17.6 Å². The maximum absolute atomic E-state index is 14.0. The lowest BCUT2D eigenvalue weighted by atomic mass is 9.94. The molecule has 0 radical (unpaired) electrons. The molecule has 1 amide bonds. The topological polar surface area (TPSA) is 80.5 Å². The van der Waals surface area contributed by atoms with Crippen molar-refractivity contribution in [3.8, 4) is 0 Å². The lowest BCUT2D eigenvalue weighted by Gasteiger charge is -2.24. The Hall–Kier alpha value is -1.47. The van der Waals surface area contributed by atoms with Crippen LogP contribution in [0.15, 0.2) is 18.2 Å². The molecule has 7 heteroatoms. The molecule has 0 bridgehead atoms. The van der Waals surface area contributed by atoms with Crippen LogP contribution in [0.25, 0.3) is 0 Å². The van der Waals surface area contributed by atoms with Gasteiger partial charge in [0.2, 0.25) is 15.9 Å². The van der Waals surface area contributed by atoms with Crippen molar-refractivity contribution >= 4 is 15.9 Å². The van der Waals surface area contributed by atoms with Crippen LogP contribution in [0.5, 0.6) is 0 Å². The molecule has 5 nitrogen and oxygen atoms in total. The average Bonchev–Trinajstić information content (AvgIpc) is 3.01. The van der Waals surface area contributed by atoms with Crippen molar-refractivity contribution in [2.75, 3.05) is 6.54 Å². The molecule has 2 aliphatic rings. The molecule has 0 spiro atoms. The van der Waals surface area contributed by atoms with Crippen molar-refractivity contribution in [2.45, 2.75) is 38.0 Å². The fraction of sp³-hybridized carbons (Fsp3) is 0.562. The zero-order valence-corrected chi connectivity index (χ0v) is 13.9. The minimum absolute atomic E-state index is 0.00476. The molecule has 2 fully saturated rings. The molecule has 1 heterocycles. The third kappa shape index (κ3) is 2.99. The van der Waals surface area contributed by atoms with E-state index in [1.165, 1.54) is 16.4 Å². The summed E-state index contributed by atoms with van der Waals surface area (Å²) in [5.74, 6) is -1.39. The number of benzene rings is 1. The summed E-state index contributed by atoms with van der Waals surface area (Å²) in [5.41, 5.74) is 6.32. The van der Waals surface area contributed by atoms with Gasteiger partial charge in [0, 0.05) is 12.1 Å². The van der Waals surface area contributed by atoms with Crippen LogP contribution >= 0.6 is 0 Å². The third-order valence-corrected chi connectivity index (χ3v) is 6.81. The summed E-state index contributed by atoms with van der Waals surface area (Å²) >= 11 is 0. The first-order valence-electron chi connectivity index (χ1n) is 7.83. The average molecular weight is 340 g/mol. The SMILES string of the molecule is Cc1ccc(CS(=O)(=O)N2C[C@@H]3CCC[C@@H]3[C@@H]2C(N)=O)c(F)c1.